The van der Waals surface area contributed by atoms with Gasteiger partial charge in [0.25, 0.3) is 0 Å². The molecule has 1 aromatic rings. The van der Waals surface area contributed by atoms with E-state index in [2.05, 4.69) is 6.58 Å². The first-order valence-electron chi connectivity index (χ1n) is 4.29. The number of rotatable bonds is 3. The van der Waals surface area contributed by atoms with Crippen LogP contribution >= 0.6 is 0 Å². The minimum atomic E-state index is -0.486. The topological polar surface area (TPSA) is 46.2 Å². The second-order valence-electron chi connectivity index (χ2n) is 3.22. The first-order chi connectivity index (χ1) is 6.13. The summed E-state index contributed by atoms with van der Waals surface area (Å²) in [5.74, 6) is 0. The number of aliphatic hydroxyl groups is 1. The van der Waals surface area contributed by atoms with Gasteiger partial charge in [-0.05, 0) is 36.6 Å². The smallest absolute Gasteiger partial charge is 0.0825 e. The highest BCUT2D eigenvalue weighted by Crippen LogP contribution is 2.20. The molecule has 0 aliphatic rings. The van der Waals surface area contributed by atoms with Crippen molar-refractivity contribution in [3.8, 4) is 0 Å². The Balaban J connectivity index is 2.93. The number of benzene rings is 1. The molecule has 1 aromatic carbocycles. The number of anilines is 1. The maximum atomic E-state index is 9.64. The zero-order chi connectivity index (χ0) is 9.84. The molecule has 1 unspecified atom stereocenters. The summed E-state index contributed by atoms with van der Waals surface area (Å²) in [6.45, 7) is 5.54. The summed E-state index contributed by atoms with van der Waals surface area (Å²) in [7, 11) is 0. The highest BCUT2D eigenvalue weighted by Gasteiger charge is 2.05. The lowest BCUT2D eigenvalue weighted by Crippen LogP contribution is -1.98. The molecule has 13 heavy (non-hydrogen) atoms. The van der Waals surface area contributed by atoms with E-state index in [1.54, 1.807) is 12.1 Å². The zero-order valence-corrected chi connectivity index (χ0v) is 7.83. The Morgan fingerprint density at radius 2 is 2.23 bits per heavy atom. The van der Waals surface area contributed by atoms with Crippen LogP contribution in [0.3, 0.4) is 0 Å². The summed E-state index contributed by atoms with van der Waals surface area (Å²) >= 11 is 0. The van der Waals surface area contributed by atoms with Gasteiger partial charge in [-0.3, -0.25) is 0 Å². The van der Waals surface area contributed by atoms with Crippen molar-refractivity contribution in [3.63, 3.8) is 0 Å². The molecular formula is C11H15NO. The average molecular weight is 177 g/mol. The van der Waals surface area contributed by atoms with Crippen molar-refractivity contribution in [1.82, 2.24) is 0 Å². The molecular weight excluding hydrogens is 162 g/mol. The van der Waals surface area contributed by atoms with E-state index in [0.717, 1.165) is 11.1 Å². The monoisotopic (exact) mass is 177 g/mol. The number of nitrogen functional groups attached to an aromatic ring is 1. The molecule has 3 N–H and O–H groups in total. The SMILES string of the molecule is C=CCC(O)c1cc(C)cc(N)c1. The van der Waals surface area contributed by atoms with Crippen LogP contribution < -0.4 is 5.73 Å². The van der Waals surface area contributed by atoms with Crippen LogP contribution in [-0.4, -0.2) is 5.11 Å². The molecule has 0 saturated heterocycles. The molecule has 0 spiro atoms. The van der Waals surface area contributed by atoms with Crippen LogP contribution in [-0.2, 0) is 0 Å². The Bertz CT molecular complexity index is 287. The van der Waals surface area contributed by atoms with Crippen LogP contribution in [0.15, 0.2) is 30.9 Å². The minimum Gasteiger partial charge on any atom is -0.399 e. The average Bonchev–Trinajstić information content (AvgIpc) is 2.03. The fraction of sp³-hybridized carbons (Fsp3) is 0.273. The Labute approximate surface area is 78.7 Å². The first-order valence-corrected chi connectivity index (χ1v) is 4.29. The number of hydrogen-bond donors (Lipinski definition) is 2. The summed E-state index contributed by atoms with van der Waals surface area (Å²) in [6, 6.07) is 5.61. The summed E-state index contributed by atoms with van der Waals surface area (Å²) in [6.07, 6.45) is 1.77. The maximum absolute atomic E-state index is 9.64. The van der Waals surface area contributed by atoms with Crippen molar-refractivity contribution in [3.05, 3.63) is 42.0 Å². The van der Waals surface area contributed by atoms with Gasteiger partial charge in [0.15, 0.2) is 0 Å². The van der Waals surface area contributed by atoms with Crippen molar-refractivity contribution in [2.45, 2.75) is 19.4 Å². The molecule has 0 aliphatic heterocycles. The van der Waals surface area contributed by atoms with Crippen molar-refractivity contribution in [1.29, 1.82) is 0 Å². The fourth-order valence-electron chi connectivity index (χ4n) is 1.33. The van der Waals surface area contributed by atoms with Gasteiger partial charge in [-0.25, -0.2) is 0 Å². The van der Waals surface area contributed by atoms with Gasteiger partial charge in [-0.1, -0.05) is 12.1 Å². The first kappa shape index (κ1) is 9.81. The third-order valence-corrected chi connectivity index (χ3v) is 1.90. The Morgan fingerprint density at radius 1 is 1.54 bits per heavy atom. The predicted molar refractivity (Wildman–Crippen MR) is 55.4 cm³/mol. The van der Waals surface area contributed by atoms with Gasteiger partial charge >= 0.3 is 0 Å². The second-order valence-corrected chi connectivity index (χ2v) is 3.22. The predicted octanol–water partition coefficient (Wildman–Crippen LogP) is 2.19. The van der Waals surface area contributed by atoms with E-state index in [1.807, 2.05) is 19.1 Å². The summed E-state index contributed by atoms with van der Waals surface area (Å²) in [4.78, 5) is 0. The molecule has 0 bridgehead atoms. The molecule has 0 amide bonds. The van der Waals surface area contributed by atoms with Crippen LogP contribution in [0.25, 0.3) is 0 Å². The molecule has 0 aliphatic carbocycles. The Kier molecular flexibility index (Phi) is 3.09. The van der Waals surface area contributed by atoms with Gasteiger partial charge in [0.2, 0.25) is 0 Å². The largest absolute Gasteiger partial charge is 0.399 e. The van der Waals surface area contributed by atoms with E-state index in [-0.39, 0.29) is 0 Å². The molecule has 0 aromatic heterocycles. The molecule has 0 radical (unpaired) electrons. The lowest BCUT2D eigenvalue weighted by molar-refractivity contribution is 0.181. The molecule has 0 fully saturated rings. The van der Waals surface area contributed by atoms with Crippen LogP contribution in [0, 0.1) is 6.92 Å². The number of aryl methyl sites for hydroxylation is 1. The molecule has 1 atom stereocenters. The summed E-state index contributed by atoms with van der Waals surface area (Å²) in [5.41, 5.74) is 8.28. The van der Waals surface area contributed by atoms with Crippen molar-refractivity contribution < 1.29 is 5.11 Å². The molecule has 70 valence electrons. The van der Waals surface area contributed by atoms with Gasteiger partial charge in [-0.15, -0.1) is 6.58 Å². The third-order valence-electron chi connectivity index (χ3n) is 1.90. The van der Waals surface area contributed by atoms with Gasteiger partial charge in [0.1, 0.15) is 0 Å². The van der Waals surface area contributed by atoms with Crippen molar-refractivity contribution >= 4 is 5.69 Å². The molecule has 2 nitrogen and oxygen atoms in total. The van der Waals surface area contributed by atoms with E-state index in [9.17, 15) is 5.11 Å². The molecule has 1 rings (SSSR count). The maximum Gasteiger partial charge on any atom is 0.0825 e. The number of aliphatic hydroxyl groups excluding tert-OH is 1. The van der Waals surface area contributed by atoms with Crippen LogP contribution in [0.4, 0.5) is 5.69 Å². The van der Waals surface area contributed by atoms with E-state index >= 15 is 0 Å². The van der Waals surface area contributed by atoms with E-state index in [1.165, 1.54) is 0 Å². The highest BCUT2D eigenvalue weighted by atomic mass is 16.3. The summed E-state index contributed by atoms with van der Waals surface area (Å²) < 4.78 is 0. The third kappa shape index (κ3) is 2.60. The lowest BCUT2D eigenvalue weighted by atomic mass is 10.0. The number of nitrogens with two attached hydrogens (primary N) is 1. The van der Waals surface area contributed by atoms with Crippen LogP contribution in [0.5, 0.6) is 0 Å². The van der Waals surface area contributed by atoms with Crippen molar-refractivity contribution in [2.24, 2.45) is 0 Å². The molecule has 0 saturated carbocycles. The minimum absolute atomic E-state index is 0.486. The van der Waals surface area contributed by atoms with Gasteiger partial charge in [-0.2, -0.15) is 0 Å². The molecule has 0 heterocycles. The second kappa shape index (κ2) is 4.10. The Hall–Kier alpha value is -1.28. The van der Waals surface area contributed by atoms with Gasteiger partial charge < -0.3 is 10.8 Å². The normalized spacial score (nSPS) is 12.5. The van der Waals surface area contributed by atoms with E-state index in [4.69, 9.17) is 5.73 Å². The lowest BCUT2D eigenvalue weighted by Gasteiger charge is -2.10. The zero-order valence-electron chi connectivity index (χ0n) is 7.83. The van der Waals surface area contributed by atoms with E-state index in [0.29, 0.717) is 12.1 Å². The van der Waals surface area contributed by atoms with E-state index < -0.39 is 6.10 Å². The van der Waals surface area contributed by atoms with Gasteiger partial charge in [0.05, 0.1) is 6.10 Å². The highest BCUT2D eigenvalue weighted by molar-refractivity contribution is 5.45. The standard InChI is InChI=1S/C11H15NO/c1-3-4-11(13)9-5-8(2)6-10(12)7-9/h3,5-7,11,13H,1,4,12H2,2H3. The molecule has 2 heteroatoms. The number of hydrogen-bond acceptors (Lipinski definition) is 2. The van der Waals surface area contributed by atoms with Gasteiger partial charge in [0, 0.05) is 5.69 Å². The quantitative estimate of drug-likeness (QED) is 0.549. The summed E-state index contributed by atoms with van der Waals surface area (Å²) in [5, 5.41) is 9.64. The Morgan fingerprint density at radius 3 is 2.77 bits per heavy atom. The fourth-order valence-corrected chi connectivity index (χ4v) is 1.33. The van der Waals surface area contributed by atoms with Crippen molar-refractivity contribution in [2.75, 3.05) is 5.73 Å². The van der Waals surface area contributed by atoms with Crippen LogP contribution in [0.1, 0.15) is 23.7 Å². The van der Waals surface area contributed by atoms with Crippen LogP contribution in [0.2, 0.25) is 0 Å².